The SMILES string of the molecule is CC(C)n1cc(Br)cc1C(=O)N1CC[C@H](O)C1. The lowest BCUT2D eigenvalue weighted by Gasteiger charge is -2.18. The summed E-state index contributed by atoms with van der Waals surface area (Å²) in [6.07, 6.45) is 2.23. The van der Waals surface area contributed by atoms with Crippen molar-refractivity contribution in [3.8, 4) is 0 Å². The number of hydrogen-bond donors (Lipinski definition) is 1. The fourth-order valence-corrected chi connectivity index (χ4v) is 2.57. The van der Waals surface area contributed by atoms with Crippen LogP contribution in [-0.4, -0.2) is 39.7 Å². The van der Waals surface area contributed by atoms with Crippen molar-refractivity contribution in [2.75, 3.05) is 13.1 Å². The number of carbonyl (C=O) groups is 1. The summed E-state index contributed by atoms with van der Waals surface area (Å²) in [5.74, 6) is 0.000880. The van der Waals surface area contributed by atoms with E-state index in [1.165, 1.54) is 0 Å². The first-order valence-electron chi connectivity index (χ1n) is 5.83. The highest BCUT2D eigenvalue weighted by Gasteiger charge is 2.27. The molecule has 2 heterocycles. The second-order valence-electron chi connectivity index (χ2n) is 4.74. The summed E-state index contributed by atoms with van der Waals surface area (Å²) in [5, 5.41) is 9.47. The fourth-order valence-electron chi connectivity index (χ4n) is 2.13. The van der Waals surface area contributed by atoms with Crippen molar-refractivity contribution in [3.63, 3.8) is 0 Å². The van der Waals surface area contributed by atoms with Gasteiger partial charge in [0, 0.05) is 29.8 Å². The molecule has 1 N–H and O–H groups in total. The lowest BCUT2D eigenvalue weighted by molar-refractivity contribution is 0.0753. The van der Waals surface area contributed by atoms with Crippen molar-refractivity contribution in [3.05, 3.63) is 22.4 Å². The number of likely N-dealkylation sites (tertiary alicyclic amines) is 1. The lowest BCUT2D eigenvalue weighted by atomic mass is 10.3. The first kappa shape index (κ1) is 12.6. The van der Waals surface area contributed by atoms with Crippen molar-refractivity contribution >= 4 is 21.8 Å². The van der Waals surface area contributed by atoms with E-state index < -0.39 is 0 Å². The Morgan fingerprint density at radius 1 is 1.59 bits per heavy atom. The molecule has 4 nitrogen and oxygen atoms in total. The molecule has 5 heteroatoms. The molecule has 1 aromatic heterocycles. The molecular formula is C12H17BrN2O2. The zero-order valence-corrected chi connectivity index (χ0v) is 11.6. The molecule has 17 heavy (non-hydrogen) atoms. The van der Waals surface area contributed by atoms with Gasteiger partial charge in [-0.3, -0.25) is 4.79 Å². The van der Waals surface area contributed by atoms with Crippen LogP contribution in [-0.2, 0) is 0 Å². The number of aromatic nitrogens is 1. The summed E-state index contributed by atoms with van der Waals surface area (Å²) in [6.45, 7) is 5.17. The topological polar surface area (TPSA) is 45.5 Å². The zero-order valence-electron chi connectivity index (χ0n) is 10.1. The summed E-state index contributed by atoms with van der Waals surface area (Å²) < 4.78 is 2.87. The van der Waals surface area contributed by atoms with Crippen LogP contribution in [0.4, 0.5) is 0 Å². The highest BCUT2D eigenvalue weighted by Crippen LogP contribution is 2.22. The molecule has 1 fully saturated rings. The van der Waals surface area contributed by atoms with Crippen LogP contribution >= 0.6 is 15.9 Å². The molecule has 0 aromatic carbocycles. The summed E-state index contributed by atoms with van der Waals surface area (Å²) in [4.78, 5) is 14.0. The zero-order chi connectivity index (χ0) is 12.6. The van der Waals surface area contributed by atoms with Crippen molar-refractivity contribution in [2.45, 2.75) is 32.4 Å². The Balaban J connectivity index is 2.24. The van der Waals surface area contributed by atoms with Crippen LogP contribution < -0.4 is 0 Å². The van der Waals surface area contributed by atoms with Gasteiger partial charge in [0.2, 0.25) is 0 Å². The van der Waals surface area contributed by atoms with Gasteiger partial charge in [0.25, 0.3) is 5.91 Å². The van der Waals surface area contributed by atoms with Gasteiger partial charge in [0.1, 0.15) is 5.69 Å². The maximum Gasteiger partial charge on any atom is 0.270 e. The molecule has 0 spiro atoms. The number of aliphatic hydroxyl groups excluding tert-OH is 1. The summed E-state index contributed by atoms with van der Waals surface area (Å²) in [7, 11) is 0. The Labute approximate surface area is 109 Å². The smallest absolute Gasteiger partial charge is 0.270 e. The first-order chi connectivity index (χ1) is 7.99. The van der Waals surface area contributed by atoms with Crippen LogP contribution in [0.1, 0.15) is 36.8 Å². The third-order valence-electron chi connectivity index (χ3n) is 3.04. The summed E-state index contributed by atoms with van der Waals surface area (Å²) in [5.41, 5.74) is 0.681. The van der Waals surface area contributed by atoms with Crippen LogP contribution in [0.2, 0.25) is 0 Å². The molecule has 0 saturated carbocycles. The Morgan fingerprint density at radius 3 is 2.82 bits per heavy atom. The van der Waals surface area contributed by atoms with Crippen LogP contribution in [0, 0.1) is 0 Å². The van der Waals surface area contributed by atoms with Crippen molar-refractivity contribution in [2.24, 2.45) is 0 Å². The average molecular weight is 301 g/mol. The molecule has 1 amide bonds. The largest absolute Gasteiger partial charge is 0.391 e. The standard InChI is InChI=1S/C12H17BrN2O2/c1-8(2)15-6-9(13)5-11(15)12(17)14-4-3-10(16)7-14/h5-6,8,10,16H,3-4,7H2,1-2H3/t10-/m0/s1. The Hall–Kier alpha value is -0.810. The van der Waals surface area contributed by atoms with E-state index in [4.69, 9.17) is 0 Å². The van der Waals surface area contributed by atoms with Gasteiger partial charge in [-0.25, -0.2) is 0 Å². The van der Waals surface area contributed by atoms with Gasteiger partial charge >= 0.3 is 0 Å². The van der Waals surface area contributed by atoms with Crippen molar-refractivity contribution in [1.29, 1.82) is 0 Å². The molecule has 0 bridgehead atoms. The molecule has 1 aliphatic heterocycles. The minimum absolute atomic E-state index is 0.000880. The lowest BCUT2D eigenvalue weighted by Crippen LogP contribution is -2.31. The fraction of sp³-hybridized carbons (Fsp3) is 0.583. The molecular weight excluding hydrogens is 284 g/mol. The van der Waals surface area contributed by atoms with Gasteiger partial charge in [0.15, 0.2) is 0 Å². The van der Waals surface area contributed by atoms with E-state index in [1.807, 2.05) is 30.7 Å². The molecule has 1 aliphatic rings. The molecule has 1 aromatic rings. The maximum atomic E-state index is 12.3. The number of aliphatic hydroxyl groups is 1. The van der Waals surface area contributed by atoms with E-state index in [0.717, 1.165) is 4.47 Å². The number of hydrogen-bond acceptors (Lipinski definition) is 2. The summed E-state index contributed by atoms with van der Waals surface area (Å²) >= 11 is 3.40. The predicted octanol–water partition coefficient (Wildman–Crippen LogP) is 2.04. The number of amides is 1. The van der Waals surface area contributed by atoms with Gasteiger partial charge in [0.05, 0.1) is 6.10 Å². The van der Waals surface area contributed by atoms with E-state index in [1.54, 1.807) is 4.90 Å². The molecule has 94 valence electrons. The van der Waals surface area contributed by atoms with E-state index >= 15 is 0 Å². The highest BCUT2D eigenvalue weighted by atomic mass is 79.9. The summed E-state index contributed by atoms with van der Waals surface area (Å²) in [6, 6.07) is 2.08. The minimum atomic E-state index is -0.371. The Kier molecular flexibility index (Phi) is 3.58. The monoisotopic (exact) mass is 300 g/mol. The molecule has 0 radical (unpaired) electrons. The predicted molar refractivity (Wildman–Crippen MR) is 69.0 cm³/mol. The van der Waals surface area contributed by atoms with Crippen molar-refractivity contribution in [1.82, 2.24) is 9.47 Å². The van der Waals surface area contributed by atoms with Gasteiger partial charge in [-0.15, -0.1) is 0 Å². The van der Waals surface area contributed by atoms with E-state index in [-0.39, 0.29) is 18.1 Å². The highest BCUT2D eigenvalue weighted by molar-refractivity contribution is 9.10. The Bertz CT molecular complexity index is 428. The minimum Gasteiger partial charge on any atom is -0.391 e. The van der Waals surface area contributed by atoms with Gasteiger partial charge < -0.3 is 14.6 Å². The molecule has 0 unspecified atom stereocenters. The van der Waals surface area contributed by atoms with Gasteiger partial charge in [-0.1, -0.05) is 0 Å². The van der Waals surface area contributed by atoms with E-state index in [0.29, 0.717) is 25.2 Å². The Morgan fingerprint density at radius 2 is 2.29 bits per heavy atom. The third-order valence-corrected chi connectivity index (χ3v) is 3.47. The molecule has 1 saturated heterocycles. The third kappa shape index (κ3) is 2.55. The van der Waals surface area contributed by atoms with E-state index in [9.17, 15) is 9.90 Å². The van der Waals surface area contributed by atoms with Gasteiger partial charge in [-0.05, 0) is 42.3 Å². The van der Waals surface area contributed by atoms with Crippen LogP contribution in [0.3, 0.4) is 0 Å². The quantitative estimate of drug-likeness (QED) is 0.908. The second-order valence-corrected chi connectivity index (χ2v) is 5.65. The first-order valence-corrected chi connectivity index (χ1v) is 6.63. The normalized spacial score (nSPS) is 20.3. The van der Waals surface area contributed by atoms with Gasteiger partial charge in [-0.2, -0.15) is 0 Å². The average Bonchev–Trinajstić information content (AvgIpc) is 2.83. The number of halogens is 1. The number of nitrogens with zero attached hydrogens (tertiary/aromatic N) is 2. The number of rotatable bonds is 2. The number of carbonyl (C=O) groups excluding carboxylic acids is 1. The molecule has 1 atom stereocenters. The number of β-amino-alcohol motifs (C(OH)–C–C–N with tert-alkyl or cyclic N) is 1. The molecule has 2 rings (SSSR count). The second kappa shape index (κ2) is 4.82. The molecule has 0 aliphatic carbocycles. The van der Waals surface area contributed by atoms with Crippen molar-refractivity contribution < 1.29 is 9.90 Å². The van der Waals surface area contributed by atoms with Crippen LogP contribution in [0.5, 0.6) is 0 Å². The maximum absolute atomic E-state index is 12.3. The van der Waals surface area contributed by atoms with Crippen LogP contribution in [0.25, 0.3) is 0 Å². The van der Waals surface area contributed by atoms with E-state index in [2.05, 4.69) is 15.9 Å². The van der Waals surface area contributed by atoms with Crippen LogP contribution in [0.15, 0.2) is 16.7 Å².